The summed E-state index contributed by atoms with van der Waals surface area (Å²) < 4.78 is 10.7. The number of nitrogens with one attached hydrogen (secondary N) is 2. The Morgan fingerprint density at radius 1 is 0.815 bits per heavy atom. The molecule has 138 valence electrons. The molecule has 0 aliphatic heterocycles. The summed E-state index contributed by atoms with van der Waals surface area (Å²) in [4.78, 5) is 0. The molecule has 0 fully saturated rings. The summed E-state index contributed by atoms with van der Waals surface area (Å²) in [5.41, 5.74) is 3.04. The first-order valence-electron chi connectivity index (χ1n) is 8.60. The molecule has 0 saturated carbocycles. The molecular formula is C22H22N2O2S. The molecule has 0 aliphatic rings. The van der Waals surface area contributed by atoms with Crippen molar-refractivity contribution in [1.29, 1.82) is 0 Å². The first-order valence-corrected chi connectivity index (χ1v) is 9.01. The third-order valence-corrected chi connectivity index (χ3v) is 4.42. The summed E-state index contributed by atoms with van der Waals surface area (Å²) in [6.45, 7) is 0. The van der Waals surface area contributed by atoms with E-state index in [0.29, 0.717) is 10.9 Å². The maximum Gasteiger partial charge on any atom is 0.171 e. The molecule has 3 aromatic carbocycles. The predicted octanol–water partition coefficient (Wildman–Crippen LogP) is 4.78. The number of hydrogen-bond acceptors (Lipinski definition) is 3. The van der Waals surface area contributed by atoms with Crippen molar-refractivity contribution in [2.24, 2.45) is 0 Å². The van der Waals surface area contributed by atoms with Crippen LogP contribution in [0.2, 0.25) is 0 Å². The van der Waals surface area contributed by atoms with E-state index in [1.54, 1.807) is 14.2 Å². The summed E-state index contributed by atoms with van der Waals surface area (Å²) in [5, 5.41) is 7.14. The fourth-order valence-corrected chi connectivity index (χ4v) is 3.07. The third-order valence-electron chi connectivity index (χ3n) is 4.20. The van der Waals surface area contributed by atoms with Gasteiger partial charge in [-0.1, -0.05) is 60.7 Å². The first-order chi connectivity index (χ1) is 13.2. The van der Waals surface area contributed by atoms with Crippen LogP contribution in [0.3, 0.4) is 0 Å². The zero-order chi connectivity index (χ0) is 19.1. The lowest BCUT2D eigenvalue weighted by atomic mass is 9.99. The van der Waals surface area contributed by atoms with Gasteiger partial charge < -0.3 is 20.1 Å². The second-order valence-electron chi connectivity index (χ2n) is 5.92. The number of rotatable bonds is 6. The fraction of sp³-hybridized carbons (Fsp3) is 0.136. The zero-order valence-electron chi connectivity index (χ0n) is 15.3. The van der Waals surface area contributed by atoms with Gasteiger partial charge in [0.1, 0.15) is 11.5 Å². The Bertz CT molecular complexity index is 846. The van der Waals surface area contributed by atoms with Crippen LogP contribution in [0, 0.1) is 0 Å². The Hall–Kier alpha value is -3.05. The van der Waals surface area contributed by atoms with Crippen LogP contribution in [-0.2, 0) is 0 Å². The van der Waals surface area contributed by atoms with Crippen molar-refractivity contribution in [3.05, 3.63) is 90.0 Å². The fourth-order valence-electron chi connectivity index (χ4n) is 2.84. The van der Waals surface area contributed by atoms with Crippen molar-refractivity contribution in [2.45, 2.75) is 6.04 Å². The first kappa shape index (κ1) is 18.7. The number of hydrogen-bond donors (Lipinski definition) is 2. The molecule has 0 unspecified atom stereocenters. The summed E-state index contributed by atoms with van der Waals surface area (Å²) in [6.07, 6.45) is 0. The molecule has 4 nitrogen and oxygen atoms in total. The topological polar surface area (TPSA) is 42.5 Å². The van der Waals surface area contributed by atoms with Crippen LogP contribution in [0.15, 0.2) is 78.9 Å². The predicted molar refractivity (Wildman–Crippen MR) is 114 cm³/mol. The van der Waals surface area contributed by atoms with E-state index in [0.717, 1.165) is 22.6 Å². The molecule has 0 atom stereocenters. The second-order valence-corrected chi connectivity index (χ2v) is 6.33. The van der Waals surface area contributed by atoms with Gasteiger partial charge in [0.2, 0.25) is 0 Å². The highest BCUT2D eigenvalue weighted by Crippen LogP contribution is 2.29. The number of ether oxygens (including phenoxy) is 2. The number of thiocarbonyl (C=S) groups is 1. The van der Waals surface area contributed by atoms with E-state index in [1.165, 1.54) is 0 Å². The third kappa shape index (κ3) is 4.77. The van der Waals surface area contributed by atoms with E-state index in [1.807, 2.05) is 54.6 Å². The van der Waals surface area contributed by atoms with Gasteiger partial charge in [-0.15, -0.1) is 0 Å². The SMILES string of the molecule is COc1ccc(NC(=S)NC(c2ccccc2)c2ccccc2)c(OC)c1. The van der Waals surface area contributed by atoms with Crippen molar-refractivity contribution >= 4 is 23.0 Å². The van der Waals surface area contributed by atoms with Gasteiger partial charge in [-0.05, 0) is 35.5 Å². The second kappa shape index (κ2) is 9.05. The normalized spacial score (nSPS) is 10.3. The van der Waals surface area contributed by atoms with Crippen molar-refractivity contribution < 1.29 is 9.47 Å². The smallest absolute Gasteiger partial charge is 0.171 e. The van der Waals surface area contributed by atoms with E-state index in [-0.39, 0.29) is 6.04 Å². The van der Waals surface area contributed by atoms with Crippen LogP contribution in [0.5, 0.6) is 11.5 Å². The Morgan fingerprint density at radius 2 is 1.41 bits per heavy atom. The quantitative estimate of drug-likeness (QED) is 0.604. The van der Waals surface area contributed by atoms with Gasteiger partial charge in [-0.25, -0.2) is 0 Å². The summed E-state index contributed by atoms with van der Waals surface area (Å²) in [5.74, 6) is 1.39. The molecule has 2 N–H and O–H groups in total. The molecule has 3 rings (SSSR count). The van der Waals surface area contributed by atoms with Crippen molar-refractivity contribution in [3.63, 3.8) is 0 Å². The Labute approximate surface area is 165 Å². The van der Waals surface area contributed by atoms with Crippen LogP contribution in [0.4, 0.5) is 5.69 Å². The lowest BCUT2D eigenvalue weighted by Crippen LogP contribution is -2.33. The van der Waals surface area contributed by atoms with Gasteiger partial charge in [0.05, 0.1) is 25.9 Å². The van der Waals surface area contributed by atoms with Crippen LogP contribution in [0.25, 0.3) is 0 Å². The van der Waals surface area contributed by atoms with Crippen molar-refractivity contribution in [1.82, 2.24) is 5.32 Å². The number of anilines is 1. The van der Waals surface area contributed by atoms with E-state index in [4.69, 9.17) is 21.7 Å². The molecule has 0 spiro atoms. The molecule has 27 heavy (non-hydrogen) atoms. The molecule has 0 aromatic heterocycles. The highest BCUT2D eigenvalue weighted by atomic mass is 32.1. The van der Waals surface area contributed by atoms with Crippen LogP contribution in [-0.4, -0.2) is 19.3 Å². The van der Waals surface area contributed by atoms with E-state index >= 15 is 0 Å². The Morgan fingerprint density at radius 3 is 1.93 bits per heavy atom. The molecular weight excluding hydrogens is 356 g/mol. The standard InChI is InChI=1S/C22H22N2O2S/c1-25-18-13-14-19(20(15-18)26-2)23-22(27)24-21(16-9-5-3-6-10-16)17-11-7-4-8-12-17/h3-15,21H,1-2H3,(H2,23,24,27). The molecule has 5 heteroatoms. The lowest BCUT2D eigenvalue weighted by Gasteiger charge is -2.22. The minimum Gasteiger partial charge on any atom is -0.497 e. The average Bonchev–Trinajstić information content (AvgIpc) is 2.73. The van der Waals surface area contributed by atoms with Gasteiger partial charge in [0, 0.05) is 6.07 Å². The largest absolute Gasteiger partial charge is 0.497 e. The summed E-state index contributed by atoms with van der Waals surface area (Å²) in [7, 11) is 3.24. The highest BCUT2D eigenvalue weighted by molar-refractivity contribution is 7.80. The highest BCUT2D eigenvalue weighted by Gasteiger charge is 2.15. The zero-order valence-corrected chi connectivity index (χ0v) is 16.1. The van der Waals surface area contributed by atoms with Crippen LogP contribution in [0.1, 0.15) is 17.2 Å². The molecule has 0 heterocycles. The van der Waals surface area contributed by atoms with Gasteiger partial charge in [0.25, 0.3) is 0 Å². The number of benzene rings is 3. The summed E-state index contributed by atoms with van der Waals surface area (Å²) >= 11 is 5.57. The molecule has 0 amide bonds. The monoisotopic (exact) mass is 378 g/mol. The van der Waals surface area contributed by atoms with Crippen LogP contribution >= 0.6 is 12.2 Å². The van der Waals surface area contributed by atoms with Gasteiger partial charge in [-0.2, -0.15) is 0 Å². The Balaban J connectivity index is 1.81. The molecule has 0 aliphatic carbocycles. The van der Waals surface area contributed by atoms with Gasteiger partial charge >= 0.3 is 0 Å². The Kier molecular flexibility index (Phi) is 6.28. The minimum atomic E-state index is -0.0587. The molecule has 0 saturated heterocycles. The molecule has 0 radical (unpaired) electrons. The maximum atomic E-state index is 5.57. The number of methoxy groups -OCH3 is 2. The lowest BCUT2D eigenvalue weighted by molar-refractivity contribution is 0.395. The summed E-state index contributed by atoms with van der Waals surface area (Å²) in [6, 6.07) is 25.9. The van der Waals surface area contributed by atoms with Crippen LogP contribution < -0.4 is 20.1 Å². The molecule has 0 bridgehead atoms. The van der Waals surface area contributed by atoms with E-state index < -0.39 is 0 Å². The minimum absolute atomic E-state index is 0.0587. The average molecular weight is 378 g/mol. The van der Waals surface area contributed by atoms with Gasteiger partial charge in [-0.3, -0.25) is 0 Å². The van der Waals surface area contributed by atoms with E-state index in [9.17, 15) is 0 Å². The van der Waals surface area contributed by atoms with E-state index in [2.05, 4.69) is 34.9 Å². The maximum absolute atomic E-state index is 5.57. The molecule has 3 aromatic rings. The van der Waals surface area contributed by atoms with Crippen molar-refractivity contribution in [2.75, 3.05) is 19.5 Å². The van der Waals surface area contributed by atoms with Gasteiger partial charge in [0.15, 0.2) is 5.11 Å². The van der Waals surface area contributed by atoms with Crippen molar-refractivity contribution in [3.8, 4) is 11.5 Å².